The summed E-state index contributed by atoms with van der Waals surface area (Å²) in [5.74, 6) is 1.30. The van der Waals surface area contributed by atoms with Crippen LogP contribution >= 0.6 is 0 Å². The van der Waals surface area contributed by atoms with Gasteiger partial charge in [-0.15, -0.1) is 0 Å². The molecule has 0 saturated heterocycles. The zero-order chi connectivity index (χ0) is 18.2. The van der Waals surface area contributed by atoms with Crippen LogP contribution < -0.4 is 15.4 Å². The zero-order valence-corrected chi connectivity index (χ0v) is 14.7. The summed E-state index contributed by atoms with van der Waals surface area (Å²) in [5.41, 5.74) is 2.87. The Hall–Kier alpha value is -3.27. The summed E-state index contributed by atoms with van der Waals surface area (Å²) >= 11 is 0. The van der Waals surface area contributed by atoms with Crippen LogP contribution in [0.2, 0.25) is 0 Å². The van der Waals surface area contributed by atoms with E-state index in [-0.39, 0.29) is 5.91 Å². The highest BCUT2D eigenvalue weighted by atomic mass is 16.5. The molecule has 0 aliphatic carbocycles. The number of carbonyl (C=O) groups excluding carboxylic acids is 1. The Morgan fingerprint density at radius 3 is 2.27 bits per heavy atom. The number of hydrogen-bond donors (Lipinski definition) is 2. The number of amides is 1. The number of anilines is 2. The van der Waals surface area contributed by atoms with Crippen LogP contribution in [0.5, 0.6) is 11.5 Å². The smallest absolute Gasteiger partial charge is 0.226 e. The van der Waals surface area contributed by atoms with E-state index in [2.05, 4.69) is 10.6 Å². The van der Waals surface area contributed by atoms with E-state index in [4.69, 9.17) is 4.74 Å². The highest BCUT2D eigenvalue weighted by Gasteiger charge is 2.08. The molecule has 4 nitrogen and oxygen atoms in total. The molecular weight excluding hydrogens is 324 g/mol. The molecule has 0 bridgehead atoms. The molecule has 3 aromatic carbocycles. The molecule has 3 aromatic rings. The van der Waals surface area contributed by atoms with Crippen molar-refractivity contribution in [3.05, 3.63) is 84.4 Å². The molecule has 0 aliphatic heterocycles. The lowest BCUT2D eigenvalue weighted by Gasteiger charge is -2.13. The van der Waals surface area contributed by atoms with Gasteiger partial charge >= 0.3 is 0 Å². The third-order valence-corrected chi connectivity index (χ3v) is 3.94. The van der Waals surface area contributed by atoms with Crippen molar-refractivity contribution in [1.82, 2.24) is 0 Å². The average Bonchev–Trinajstić information content (AvgIpc) is 2.66. The number of nitrogens with one attached hydrogen (secondary N) is 2. The van der Waals surface area contributed by atoms with Crippen LogP contribution in [0.15, 0.2) is 78.9 Å². The number of ether oxygens (including phenoxy) is 1. The van der Waals surface area contributed by atoms with Crippen LogP contribution in [-0.2, 0) is 4.79 Å². The van der Waals surface area contributed by atoms with Gasteiger partial charge in [-0.2, -0.15) is 0 Å². The molecule has 0 aromatic heterocycles. The van der Waals surface area contributed by atoms with Crippen molar-refractivity contribution in [3.8, 4) is 11.5 Å². The van der Waals surface area contributed by atoms with E-state index in [1.165, 1.54) is 0 Å². The van der Waals surface area contributed by atoms with Gasteiger partial charge in [-0.25, -0.2) is 0 Å². The molecule has 0 fully saturated rings. The summed E-state index contributed by atoms with van der Waals surface area (Å²) in [6.45, 7) is 2.61. The number of para-hydroxylation sites is 4. The van der Waals surface area contributed by atoms with E-state index in [1.807, 2.05) is 85.8 Å². The molecule has 132 valence electrons. The maximum absolute atomic E-state index is 12.3. The first-order chi connectivity index (χ1) is 12.7. The van der Waals surface area contributed by atoms with E-state index in [0.717, 1.165) is 17.0 Å². The Bertz CT molecular complexity index is 863. The average molecular weight is 346 g/mol. The first-order valence-electron chi connectivity index (χ1n) is 8.63. The van der Waals surface area contributed by atoms with Crippen molar-refractivity contribution < 1.29 is 9.53 Å². The standard InChI is InChI=1S/C22H22N2O2/c1-17-9-5-6-12-19(17)23-16-15-22(25)24-20-13-7-8-14-21(20)26-18-10-3-2-4-11-18/h2-14,23H,15-16H2,1H3,(H,24,25). The molecular formula is C22H22N2O2. The summed E-state index contributed by atoms with van der Waals surface area (Å²) < 4.78 is 5.87. The van der Waals surface area contributed by atoms with Gasteiger partial charge in [-0.05, 0) is 42.8 Å². The Labute approximate surface area is 153 Å². The predicted octanol–water partition coefficient (Wildman–Crippen LogP) is 5.23. The minimum Gasteiger partial charge on any atom is -0.455 e. The Morgan fingerprint density at radius 2 is 1.50 bits per heavy atom. The van der Waals surface area contributed by atoms with Crippen molar-refractivity contribution in [2.24, 2.45) is 0 Å². The lowest BCUT2D eigenvalue weighted by Crippen LogP contribution is -2.16. The van der Waals surface area contributed by atoms with Crippen molar-refractivity contribution in [1.29, 1.82) is 0 Å². The monoisotopic (exact) mass is 346 g/mol. The summed E-state index contributed by atoms with van der Waals surface area (Å²) in [7, 11) is 0. The Balaban J connectivity index is 1.57. The van der Waals surface area contributed by atoms with Crippen molar-refractivity contribution >= 4 is 17.3 Å². The second-order valence-corrected chi connectivity index (χ2v) is 5.95. The fourth-order valence-electron chi connectivity index (χ4n) is 2.57. The van der Waals surface area contributed by atoms with Crippen LogP contribution in [0.4, 0.5) is 11.4 Å². The molecule has 3 rings (SSSR count). The number of hydrogen-bond acceptors (Lipinski definition) is 3. The number of carbonyl (C=O) groups is 1. The van der Waals surface area contributed by atoms with E-state index in [9.17, 15) is 4.79 Å². The summed E-state index contributed by atoms with van der Waals surface area (Å²) in [6.07, 6.45) is 0.369. The highest BCUT2D eigenvalue weighted by molar-refractivity contribution is 5.92. The third kappa shape index (κ3) is 4.86. The van der Waals surface area contributed by atoms with Gasteiger partial charge in [0, 0.05) is 18.7 Å². The van der Waals surface area contributed by atoms with Crippen LogP contribution in [0.25, 0.3) is 0 Å². The topological polar surface area (TPSA) is 50.4 Å². The van der Waals surface area contributed by atoms with Crippen LogP contribution in [0.1, 0.15) is 12.0 Å². The van der Waals surface area contributed by atoms with Gasteiger partial charge in [0.1, 0.15) is 5.75 Å². The molecule has 0 spiro atoms. The Morgan fingerprint density at radius 1 is 0.846 bits per heavy atom. The van der Waals surface area contributed by atoms with Crippen molar-refractivity contribution in [3.63, 3.8) is 0 Å². The maximum Gasteiger partial charge on any atom is 0.226 e. The quantitative estimate of drug-likeness (QED) is 0.616. The number of rotatable bonds is 7. The summed E-state index contributed by atoms with van der Waals surface area (Å²) in [6, 6.07) is 25.0. The summed E-state index contributed by atoms with van der Waals surface area (Å²) in [4.78, 5) is 12.3. The van der Waals surface area contributed by atoms with Gasteiger partial charge < -0.3 is 15.4 Å². The van der Waals surface area contributed by atoms with Crippen LogP contribution in [0.3, 0.4) is 0 Å². The van der Waals surface area contributed by atoms with Crippen molar-refractivity contribution in [2.75, 3.05) is 17.2 Å². The second-order valence-electron chi connectivity index (χ2n) is 5.95. The van der Waals surface area contributed by atoms with Gasteiger partial charge in [-0.1, -0.05) is 48.5 Å². The minimum atomic E-state index is -0.0600. The number of benzene rings is 3. The van der Waals surface area contributed by atoms with Crippen molar-refractivity contribution in [2.45, 2.75) is 13.3 Å². The van der Waals surface area contributed by atoms with Gasteiger partial charge in [0.05, 0.1) is 5.69 Å². The molecule has 0 saturated carbocycles. The molecule has 26 heavy (non-hydrogen) atoms. The molecule has 1 amide bonds. The predicted molar refractivity (Wildman–Crippen MR) is 106 cm³/mol. The van der Waals surface area contributed by atoms with E-state index in [1.54, 1.807) is 0 Å². The maximum atomic E-state index is 12.3. The molecule has 0 atom stereocenters. The highest BCUT2D eigenvalue weighted by Crippen LogP contribution is 2.29. The molecule has 0 unspecified atom stereocenters. The van der Waals surface area contributed by atoms with E-state index < -0.39 is 0 Å². The largest absolute Gasteiger partial charge is 0.455 e. The SMILES string of the molecule is Cc1ccccc1NCCC(=O)Nc1ccccc1Oc1ccccc1. The van der Waals surface area contributed by atoms with Gasteiger partial charge in [0.15, 0.2) is 5.75 Å². The number of aryl methyl sites for hydroxylation is 1. The van der Waals surface area contributed by atoms with Gasteiger partial charge in [-0.3, -0.25) is 4.79 Å². The molecule has 0 heterocycles. The van der Waals surface area contributed by atoms with E-state index >= 15 is 0 Å². The van der Waals surface area contributed by atoms with Gasteiger partial charge in [0.25, 0.3) is 0 Å². The first-order valence-corrected chi connectivity index (χ1v) is 8.63. The third-order valence-electron chi connectivity index (χ3n) is 3.94. The fourth-order valence-corrected chi connectivity index (χ4v) is 2.57. The van der Waals surface area contributed by atoms with Gasteiger partial charge in [0.2, 0.25) is 5.91 Å². The van der Waals surface area contributed by atoms with E-state index in [0.29, 0.717) is 24.4 Å². The normalized spacial score (nSPS) is 10.2. The Kier molecular flexibility index (Phi) is 5.88. The van der Waals surface area contributed by atoms with Crippen LogP contribution in [0, 0.1) is 6.92 Å². The molecule has 0 radical (unpaired) electrons. The zero-order valence-electron chi connectivity index (χ0n) is 14.7. The molecule has 2 N–H and O–H groups in total. The minimum absolute atomic E-state index is 0.0600. The second kappa shape index (κ2) is 8.72. The first kappa shape index (κ1) is 17.5. The molecule has 0 aliphatic rings. The van der Waals surface area contributed by atoms with Crippen LogP contribution in [-0.4, -0.2) is 12.5 Å². The lowest BCUT2D eigenvalue weighted by atomic mass is 10.2. The summed E-state index contributed by atoms with van der Waals surface area (Å²) in [5, 5.41) is 6.22. The fraction of sp³-hybridized carbons (Fsp3) is 0.136. The molecule has 4 heteroatoms. The lowest BCUT2D eigenvalue weighted by molar-refractivity contribution is -0.116.